The van der Waals surface area contributed by atoms with Crippen LogP contribution >= 0.6 is 34.8 Å². The number of rotatable bonds is 0. The lowest BCUT2D eigenvalue weighted by Gasteiger charge is -2.33. The number of alkyl halides is 5. The van der Waals surface area contributed by atoms with E-state index in [9.17, 15) is 13.2 Å². The molecule has 6 heteroatoms. The van der Waals surface area contributed by atoms with Crippen molar-refractivity contribution in [3.8, 4) is 0 Å². The molecule has 1 aliphatic rings. The summed E-state index contributed by atoms with van der Waals surface area (Å²) in [7, 11) is 0. The third kappa shape index (κ3) is 1.69. The molecule has 0 aromatic carbocycles. The first-order valence-electron chi connectivity index (χ1n) is 3.24. The van der Waals surface area contributed by atoms with Crippen LogP contribution in [0.5, 0.6) is 0 Å². The van der Waals surface area contributed by atoms with Crippen molar-refractivity contribution < 1.29 is 13.2 Å². The Bertz CT molecular complexity index is 269. The van der Waals surface area contributed by atoms with Crippen molar-refractivity contribution in [1.29, 1.82) is 0 Å². The van der Waals surface area contributed by atoms with Gasteiger partial charge in [0.05, 0.1) is 10.4 Å². The third-order valence-corrected chi connectivity index (χ3v) is 3.42. The van der Waals surface area contributed by atoms with Gasteiger partial charge in [-0.3, -0.25) is 0 Å². The second-order valence-corrected chi connectivity index (χ2v) is 3.98. The zero-order chi connectivity index (χ0) is 10.3. The minimum Gasteiger partial charge on any atom is -0.169 e. The number of halogens is 6. The molecule has 13 heavy (non-hydrogen) atoms. The van der Waals surface area contributed by atoms with Gasteiger partial charge in [0.25, 0.3) is 0 Å². The summed E-state index contributed by atoms with van der Waals surface area (Å²) in [5.74, 6) is 0. The summed E-state index contributed by atoms with van der Waals surface area (Å²) in [6, 6.07) is 0. The maximum Gasteiger partial charge on any atom is 0.414 e. The normalized spacial score (nSPS) is 34.6. The summed E-state index contributed by atoms with van der Waals surface area (Å²) in [5, 5.41) is -1.89. The molecular weight excluding hydrogens is 247 g/mol. The predicted octanol–water partition coefficient (Wildman–Crippen LogP) is 3.83. The first kappa shape index (κ1) is 11.2. The Hall–Kier alpha value is 0.140. The van der Waals surface area contributed by atoms with Crippen molar-refractivity contribution in [2.75, 3.05) is 0 Å². The summed E-state index contributed by atoms with van der Waals surface area (Å²) >= 11 is 16.2. The van der Waals surface area contributed by atoms with Gasteiger partial charge in [0, 0.05) is 0 Å². The van der Waals surface area contributed by atoms with Crippen LogP contribution in [-0.2, 0) is 0 Å². The van der Waals surface area contributed by atoms with Gasteiger partial charge in [-0.15, -0.1) is 23.2 Å². The predicted molar refractivity (Wildman–Crippen MR) is 47.4 cm³/mol. The summed E-state index contributed by atoms with van der Waals surface area (Å²) in [4.78, 5) is -2.69. The summed E-state index contributed by atoms with van der Waals surface area (Å²) in [6.07, 6.45) is -1.10. The average Bonchev–Trinajstić information content (AvgIpc) is 1.97. The molecule has 0 radical (unpaired) electrons. The molecule has 1 aliphatic carbocycles. The van der Waals surface area contributed by atoms with E-state index in [4.69, 9.17) is 34.8 Å². The summed E-state index contributed by atoms with van der Waals surface area (Å²) < 4.78 is 37.4. The highest BCUT2D eigenvalue weighted by Gasteiger charge is 2.60. The van der Waals surface area contributed by atoms with Crippen LogP contribution in [0.4, 0.5) is 13.2 Å². The quantitative estimate of drug-likeness (QED) is 0.574. The molecule has 0 aromatic rings. The second kappa shape index (κ2) is 3.37. The maximum atomic E-state index is 12.5. The molecule has 0 spiro atoms. The van der Waals surface area contributed by atoms with Crippen molar-refractivity contribution >= 4 is 34.8 Å². The first-order chi connectivity index (χ1) is 5.80. The van der Waals surface area contributed by atoms with E-state index in [0.717, 1.165) is 12.2 Å². The number of hydrogen-bond acceptors (Lipinski definition) is 0. The van der Waals surface area contributed by atoms with E-state index in [0.29, 0.717) is 0 Å². The Morgan fingerprint density at radius 1 is 1.38 bits per heavy atom. The van der Waals surface area contributed by atoms with Crippen LogP contribution in [0.3, 0.4) is 0 Å². The zero-order valence-electron chi connectivity index (χ0n) is 6.08. The highest BCUT2D eigenvalue weighted by molar-refractivity contribution is 6.44. The van der Waals surface area contributed by atoms with Crippen LogP contribution in [0.15, 0.2) is 23.3 Å². The van der Waals surface area contributed by atoms with Gasteiger partial charge in [-0.1, -0.05) is 23.8 Å². The van der Waals surface area contributed by atoms with Gasteiger partial charge in [0.15, 0.2) is 4.87 Å². The summed E-state index contributed by atoms with van der Waals surface area (Å²) in [5.41, 5.74) is 0. The second-order valence-electron chi connectivity index (χ2n) is 2.51. The molecule has 0 amide bonds. The monoisotopic (exact) mass is 250 g/mol. The highest BCUT2D eigenvalue weighted by atomic mass is 35.5. The first-order valence-corrected chi connectivity index (χ1v) is 4.43. The smallest absolute Gasteiger partial charge is 0.169 e. The molecule has 0 bridgehead atoms. The van der Waals surface area contributed by atoms with E-state index < -0.39 is 21.5 Å². The van der Waals surface area contributed by atoms with Crippen molar-refractivity contribution in [3.05, 3.63) is 23.3 Å². The van der Waals surface area contributed by atoms with Gasteiger partial charge in [-0.2, -0.15) is 13.2 Å². The van der Waals surface area contributed by atoms with E-state index in [2.05, 4.69) is 0 Å². The van der Waals surface area contributed by atoms with Gasteiger partial charge in [-0.05, 0) is 6.08 Å². The molecule has 0 aromatic heterocycles. The Morgan fingerprint density at radius 2 is 1.92 bits per heavy atom. The van der Waals surface area contributed by atoms with Gasteiger partial charge >= 0.3 is 6.18 Å². The standard InChI is InChI=1S/C7H4Cl3F3/c8-4-2-1-3-5(9)6(4,10)7(11,12)13/h1-4H. The van der Waals surface area contributed by atoms with E-state index in [-0.39, 0.29) is 0 Å². The lowest BCUT2D eigenvalue weighted by atomic mass is 9.98. The van der Waals surface area contributed by atoms with E-state index >= 15 is 0 Å². The molecule has 0 heterocycles. The van der Waals surface area contributed by atoms with Crippen molar-refractivity contribution in [2.24, 2.45) is 0 Å². The largest absolute Gasteiger partial charge is 0.414 e. The van der Waals surface area contributed by atoms with Crippen molar-refractivity contribution in [1.82, 2.24) is 0 Å². The van der Waals surface area contributed by atoms with Gasteiger partial charge in [-0.25, -0.2) is 0 Å². The molecule has 1 rings (SSSR count). The van der Waals surface area contributed by atoms with E-state index in [1.54, 1.807) is 0 Å². The molecule has 0 N–H and O–H groups in total. The number of hydrogen-bond donors (Lipinski definition) is 0. The van der Waals surface area contributed by atoms with E-state index in [1.165, 1.54) is 6.08 Å². The van der Waals surface area contributed by atoms with Crippen molar-refractivity contribution in [3.63, 3.8) is 0 Å². The Balaban J connectivity index is 3.15. The minimum absolute atomic E-state index is 0.510. The van der Waals surface area contributed by atoms with Crippen LogP contribution in [0.25, 0.3) is 0 Å². The van der Waals surface area contributed by atoms with E-state index in [1.807, 2.05) is 0 Å². The van der Waals surface area contributed by atoms with Gasteiger partial charge < -0.3 is 0 Å². The lowest BCUT2D eigenvalue weighted by molar-refractivity contribution is -0.149. The fraction of sp³-hybridized carbons (Fsp3) is 0.429. The SMILES string of the molecule is FC(F)(F)C1(Cl)C(Cl)=CC=CC1Cl. The fourth-order valence-corrected chi connectivity index (χ4v) is 1.73. The summed E-state index contributed by atoms with van der Waals surface area (Å²) in [6.45, 7) is 0. The van der Waals surface area contributed by atoms with Crippen LogP contribution in [-0.4, -0.2) is 16.4 Å². The van der Waals surface area contributed by atoms with Crippen LogP contribution < -0.4 is 0 Å². The topological polar surface area (TPSA) is 0 Å². The van der Waals surface area contributed by atoms with Crippen molar-refractivity contribution in [2.45, 2.75) is 16.4 Å². The molecule has 2 unspecified atom stereocenters. The zero-order valence-corrected chi connectivity index (χ0v) is 8.34. The molecular formula is C7H4Cl3F3. The van der Waals surface area contributed by atoms with Crippen LogP contribution in [0.1, 0.15) is 0 Å². The lowest BCUT2D eigenvalue weighted by Crippen LogP contribution is -2.48. The van der Waals surface area contributed by atoms with Gasteiger partial charge in [0.2, 0.25) is 0 Å². The Labute approximate surface area is 88.0 Å². The molecule has 0 saturated heterocycles. The van der Waals surface area contributed by atoms with Gasteiger partial charge in [0.1, 0.15) is 0 Å². The third-order valence-electron chi connectivity index (χ3n) is 1.66. The minimum atomic E-state index is -4.67. The highest BCUT2D eigenvalue weighted by Crippen LogP contribution is 2.49. The molecule has 0 nitrogen and oxygen atoms in total. The molecule has 74 valence electrons. The number of allylic oxidation sites excluding steroid dienone is 4. The fourth-order valence-electron chi connectivity index (χ4n) is 0.915. The molecule has 2 atom stereocenters. The molecule has 0 fully saturated rings. The maximum absolute atomic E-state index is 12.5. The Morgan fingerprint density at radius 3 is 2.23 bits per heavy atom. The molecule has 0 saturated carbocycles. The molecule has 0 aliphatic heterocycles. The Kier molecular flexibility index (Phi) is 2.91. The van der Waals surface area contributed by atoms with Crippen LogP contribution in [0.2, 0.25) is 0 Å². The van der Waals surface area contributed by atoms with Crippen LogP contribution in [0, 0.1) is 0 Å². The average molecular weight is 251 g/mol.